The molecule has 0 amide bonds. The molecule has 0 aliphatic rings. The Morgan fingerprint density at radius 3 is 2.83 bits per heavy atom. The Morgan fingerprint density at radius 2 is 2.11 bits per heavy atom. The number of H-pyrrole nitrogens is 1. The minimum Gasteiger partial charge on any atom is -0.393 e. The largest absolute Gasteiger partial charge is 0.393 e. The molecular weight excluding hydrogens is 305 g/mol. The maximum absolute atomic E-state index is 13.3. The molecule has 2 aromatic rings. The number of nitrogens with zero attached hydrogens (tertiary/aromatic N) is 1. The topological polar surface area (TPSA) is 80.9 Å². The number of benzene rings is 1. The summed E-state index contributed by atoms with van der Waals surface area (Å²) < 4.78 is 14.8. The molecule has 0 saturated carbocycles. The first kappa shape index (κ1) is 12.6. The number of rotatable bonds is 2. The molecule has 5 nitrogen and oxygen atoms in total. The van der Waals surface area contributed by atoms with Crippen LogP contribution in [0, 0.1) is 5.82 Å². The predicted molar refractivity (Wildman–Crippen MR) is 68.9 cm³/mol. The summed E-state index contributed by atoms with van der Waals surface area (Å²) in [6.07, 6.45) is 1.23. The zero-order chi connectivity index (χ0) is 13.3. The van der Waals surface area contributed by atoms with Crippen LogP contribution in [0.1, 0.15) is 5.56 Å². The van der Waals surface area contributed by atoms with Crippen molar-refractivity contribution in [3.05, 3.63) is 61.1 Å². The highest BCUT2D eigenvalue weighted by molar-refractivity contribution is 9.10. The second kappa shape index (κ2) is 4.77. The molecular formula is C11H9BrFN3O2. The average Bonchev–Trinajstić information content (AvgIpc) is 2.32. The Hall–Kier alpha value is -1.89. The Labute approximate surface area is 109 Å². The molecule has 0 radical (unpaired) electrons. The van der Waals surface area contributed by atoms with Gasteiger partial charge in [-0.15, -0.1) is 0 Å². The third-order valence-corrected chi connectivity index (χ3v) is 3.30. The first-order valence-corrected chi connectivity index (χ1v) is 5.80. The lowest BCUT2D eigenvalue weighted by Crippen LogP contribution is -2.31. The fourth-order valence-corrected chi connectivity index (χ4v) is 1.89. The lowest BCUT2D eigenvalue weighted by molar-refractivity contribution is 0.614. The fourth-order valence-electron chi connectivity index (χ4n) is 1.50. The monoisotopic (exact) mass is 313 g/mol. The van der Waals surface area contributed by atoms with Gasteiger partial charge < -0.3 is 5.73 Å². The van der Waals surface area contributed by atoms with Crippen molar-refractivity contribution in [1.82, 2.24) is 9.55 Å². The number of aromatic nitrogens is 2. The van der Waals surface area contributed by atoms with E-state index in [1.54, 1.807) is 6.07 Å². The van der Waals surface area contributed by atoms with Crippen LogP contribution in [-0.4, -0.2) is 9.55 Å². The first-order valence-electron chi connectivity index (χ1n) is 5.01. The van der Waals surface area contributed by atoms with E-state index in [9.17, 15) is 14.0 Å². The zero-order valence-electron chi connectivity index (χ0n) is 9.11. The van der Waals surface area contributed by atoms with Crippen LogP contribution in [-0.2, 0) is 6.54 Å². The molecule has 7 heteroatoms. The molecule has 0 spiro atoms. The van der Waals surface area contributed by atoms with E-state index < -0.39 is 17.1 Å². The van der Waals surface area contributed by atoms with Gasteiger partial charge in [0.25, 0.3) is 5.56 Å². The number of nitrogens with one attached hydrogen (secondary N) is 1. The summed E-state index contributed by atoms with van der Waals surface area (Å²) in [7, 11) is 0. The van der Waals surface area contributed by atoms with E-state index in [-0.39, 0.29) is 16.7 Å². The van der Waals surface area contributed by atoms with Crippen molar-refractivity contribution in [2.45, 2.75) is 6.54 Å². The number of halogens is 2. The van der Waals surface area contributed by atoms with Gasteiger partial charge in [0.15, 0.2) is 0 Å². The molecule has 2 rings (SSSR count). The van der Waals surface area contributed by atoms with Crippen LogP contribution in [0.3, 0.4) is 0 Å². The molecule has 0 aliphatic carbocycles. The van der Waals surface area contributed by atoms with E-state index in [1.807, 2.05) is 0 Å². The van der Waals surface area contributed by atoms with Crippen LogP contribution < -0.4 is 17.0 Å². The second-order valence-electron chi connectivity index (χ2n) is 3.68. The molecule has 1 heterocycles. The highest BCUT2D eigenvalue weighted by Gasteiger charge is 2.08. The number of anilines is 1. The van der Waals surface area contributed by atoms with Gasteiger partial charge in [0.1, 0.15) is 11.5 Å². The van der Waals surface area contributed by atoms with E-state index in [0.29, 0.717) is 5.56 Å². The number of nitrogens with two attached hydrogens (primary N) is 1. The van der Waals surface area contributed by atoms with Gasteiger partial charge in [-0.25, -0.2) is 9.18 Å². The number of nitrogen functional groups attached to an aromatic ring is 1. The summed E-state index contributed by atoms with van der Waals surface area (Å²) >= 11 is 3.10. The van der Waals surface area contributed by atoms with Crippen molar-refractivity contribution < 1.29 is 4.39 Å². The van der Waals surface area contributed by atoms with Gasteiger partial charge >= 0.3 is 5.69 Å². The van der Waals surface area contributed by atoms with Gasteiger partial charge in [-0.1, -0.05) is 12.1 Å². The van der Waals surface area contributed by atoms with E-state index in [4.69, 9.17) is 5.73 Å². The van der Waals surface area contributed by atoms with Gasteiger partial charge in [-0.05, 0) is 27.6 Å². The van der Waals surface area contributed by atoms with E-state index in [1.165, 1.54) is 22.9 Å². The van der Waals surface area contributed by atoms with Gasteiger partial charge in [0.2, 0.25) is 0 Å². The van der Waals surface area contributed by atoms with Crippen molar-refractivity contribution >= 4 is 21.6 Å². The fraction of sp³-hybridized carbons (Fsp3) is 0.0909. The molecule has 3 N–H and O–H groups in total. The minimum atomic E-state index is -0.630. The zero-order valence-corrected chi connectivity index (χ0v) is 10.7. The molecule has 0 unspecified atom stereocenters. The quantitative estimate of drug-likeness (QED) is 0.870. The van der Waals surface area contributed by atoms with E-state index >= 15 is 0 Å². The number of hydrogen-bond acceptors (Lipinski definition) is 3. The lowest BCUT2D eigenvalue weighted by Gasteiger charge is -2.08. The molecule has 0 fully saturated rings. The Balaban J connectivity index is 2.47. The van der Waals surface area contributed by atoms with Crippen LogP contribution in [0.15, 0.2) is 38.5 Å². The van der Waals surface area contributed by atoms with Gasteiger partial charge in [-0.2, -0.15) is 0 Å². The number of hydrogen-bond donors (Lipinski definition) is 2. The lowest BCUT2D eigenvalue weighted by atomic mass is 10.2. The molecule has 0 aliphatic heterocycles. The van der Waals surface area contributed by atoms with Gasteiger partial charge in [0.05, 0.1) is 11.0 Å². The molecule has 94 valence electrons. The predicted octanol–water partition coefficient (Wildman–Crippen LogP) is 1.07. The summed E-state index contributed by atoms with van der Waals surface area (Å²) in [5, 5.41) is 0. The Kier molecular flexibility index (Phi) is 3.33. The van der Waals surface area contributed by atoms with E-state index in [2.05, 4.69) is 20.9 Å². The highest BCUT2D eigenvalue weighted by Crippen LogP contribution is 2.20. The SMILES string of the molecule is Nc1cn(Cc2cccc(F)c2Br)c(=O)[nH]c1=O. The normalized spacial score (nSPS) is 10.6. The maximum atomic E-state index is 13.3. The van der Waals surface area contributed by atoms with Crippen LogP contribution in [0.2, 0.25) is 0 Å². The summed E-state index contributed by atoms with van der Waals surface area (Å²) in [5.74, 6) is -0.419. The highest BCUT2D eigenvalue weighted by atomic mass is 79.9. The summed E-state index contributed by atoms with van der Waals surface area (Å²) in [4.78, 5) is 24.7. The summed E-state index contributed by atoms with van der Waals surface area (Å²) in [6.45, 7) is 0.109. The van der Waals surface area contributed by atoms with Crippen molar-refractivity contribution in [3.63, 3.8) is 0 Å². The smallest absolute Gasteiger partial charge is 0.328 e. The van der Waals surface area contributed by atoms with Crippen LogP contribution >= 0.6 is 15.9 Å². The third kappa shape index (κ3) is 2.35. The Bertz CT molecular complexity index is 708. The van der Waals surface area contributed by atoms with Crippen molar-refractivity contribution in [1.29, 1.82) is 0 Å². The standard InChI is InChI=1S/C11H9BrFN3O2/c12-9-6(2-1-3-7(9)13)4-16-5-8(14)10(17)15-11(16)18/h1-3,5H,4,14H2,(H,15,17,18). The van der Waals surface area contributed by atoms with Crippen molar-refractivity contribution in [2.75, 3.05) is 5.73 Å². The molecule has 0 bridgehead atoms. The van der Waals surface area contributed by atoms with Crippen molar-refractivity contribution in [2.24, 2.45) is 0 Å². The first-order chi connectivity index (χ1) is 8.49. The van der Waals surface area contributed by atoms with Crippen LogP contribution in [0.4, 0.5) is 10.1 Å². The van der Waals surface area contributed by atoms with Gasteiger partial charge in [-0.3, -0.25) is 14.3 Å². The summed E-state index contributed by atoms with van der Waals surface area (Å²) in [6, 6.07) is 4.51. The minimum absolute atomic E-state index is 0.0675. The van der Waals surface area contributed by atoms with Gasteiger partial charge in [0, 0.05) is 6.20 Å². The molecule has 18 heavy (non-hydrogen) atoms. The second-order valence-corrected chi connectivity index (χ2v) is 4.48. The van der Waals surface area contributed by atoms with Crippen LogP contribution in [0.25, 0.3) is 0 Å². The third-order valence-electron chi connectivity index (χ3n) is 2.41. The molecule has 1 aromatic carbocycles. The molecule has 1 aromatic heterocycles. The van der Waals surface area contributed by atoms with Crippen LogP contribution in [0.5, 0.6) is 0 Å². The van der Waals surface area contributed by atoms with E-state index in [0.717, 1.165) is 0 Å². The van der Waals surface area contributed by atoms with Crippen molar-refractivity contribution in [3.8, 4) is 0 Å². The Morgan fingerprint density at radius 1 is 1.39 bits per heavy atom. The molecule has 0 atom stereocenters. The number of aromatic amines is 1. The molecule has 0 saturated heterocycles. The maximum Gasteiger partial charge on any atom is 0.328 e. The average molecular weight is 314 g/mol. The summed E-state index contributed by atoms with van der Waals surface area (Å²) in [5.41, 5.74) is 4.70.